The number of rotatable bonds is 4. The molecule has 1 fully saturated rings. The van der Waals surface area contributed by atoms with Crippen molar-refractivity contribution in [2.45, 2.75) is 26.3 Å². The maximum absolute atomic E-state index is 13.5. The van der Waals surface area contributed by atoms with Crippen molar-refractivity contribution in [3.63, 3.8) is 0 Å². The zero-order valence-corrected chi connectivity index (χ0v) is 16.3. The molecule has 0 aliphatic carbocycles. The van der Waals surface area contributed by atoms with Crippen LogP contribution < -0.4 is 10.9 Å². The predicted molar refractivity (Wildman–Crippen MR) is 111 cm³/mol. The summed E-state index contributed by atoms with van der Waals surface area (Å²) in [6.07, 6.45) is 3.70. The summed E-state index contributed by atoms with van der Waals surface area (Å²) in [6.45, 7) is 3.77. The van der Waals surface area contributed by atoms with Crippen LogP contribution in [-0.2, 0) is 11.3 Å². The number of benzene rings is 2. The molecule has 0 bridgehead atoms. The van der Waals surface area contributed by atoms with Gasteiger partial charge in [-0.15, -0.1) is 0 Å². The fraction of sp³-hybridized carbons (Fsp3) is 0.304. The number of halogens is 1. The first-order valence-corrected chi connectivity index (χ1v) is 9.80. The lowest BCUT2D eigenvalue weighted by atomic mass is 10.00. The number of hydrogen-bond donors (Lipinski definition) is 1. The zero-order valence-electron chi connectivity index (χ0n) is 16.3. The van der Waals surface area contributed by atoms with Gasteiger partial charge in [-0.3, -0.25) is 9.59 Å². The van der Waals surface area contributed by atoms with Crippen molar-refractivity contribution in [3.8, 4) is 0 Å². The van der Waals surface area contributed by atoms with Crippen molar-refractivity contribution in [3.05, 3.63) is 76.0 Å². The molecule has 0 saturated carbocycles. The van der Waals surface area contributed by atoms with E-state index in [0.29, 0.717) is 40.0 Å². The molecule has 3 aromatic rings. The highest BCUT2D eigenvalue weighted by Gasteiger charge is 2.16. The van der Waals surface area contributed by atoms with Crippen LogP contribution in [0.2, 0.25) is 0 Å². The van der Waals surface area contributed by atoms with E-state index in [0.717, 1.165) is 26.1 Å². The molecule has 150 valence electrons. The number of amides is 1. The molecule has 1 saturated heterocycles. The fourth-order valence-electron chi connectivity index (χ4n) is 3.76. The van der Waals surface area contributed by atoms with E-state index in [1.165, 1.54) is 18.2 Å². The van der Waals surface area contributed by atoms with Gasteiger partial charge in [-0.1, -0.05) is 6.07 Å². The molecule has 0 unspecified atom stereocenters. The maximum Gasteiger partial charge on any atom is 0.258 e. The lowest BCUT2D eigenvalue weighted by Gasteiger charge is -2.23. The van der Waals surface area contributed by atoms with Crippen molar-refractivity contribution in [1.82, 2.24) is 4.57 Å². The molecule has 1 aliphatic heterocycles. The Hall–Kier alpha value is -2.99. The normalized spacial score (nSPS) is 14.8. The Labute approximate surface area is 168 Å². The third-order valence-electron chi connectivity index (χ3n) is 5.48. The fourth-order valence-corrected chi connectivity index (χ4v) is 3.76. The topological polar surface area (TPSA) is 60.3 Å². The van der Waals surface area contributed by atoms with E-state index in [-0.39, 0.29) is 17.3 Å². The van der Waals surface area contributed by atoms with Crippen LogP contribution in [0, 0.1) is 18.7 Å². The lowest BCUT2D eigenvalue weighted by Crippen LogP contribution is -2.27. The monoisotopic (exact) mass is 394 g/mol. The summed E-state index contributed by atoms with van der Waals surface area (Å²) >= 11 is 0. The average Bonchev–Trinajstić information content (AvgIpc) is 2.73. The number of ether oxygens (including phenoxy) is 1. The minimum Gasteiger partial charge on any atom is -0.381 e. The summed E-state index contributed by atoms with van der Waals surface area (Å²) in [4.78, 5) is 25.6. The third-order valence-corrected chi connectivity index (χ3v) is 5.48. The van der Waals surface area contributed by atoms with E-state index in [2.05, 4.69) is 5.32 Å². The van der Waals surface area contributed by atoms with Gasteiger partial charge >= 0.3 is 0 Å². The lowest BCUT2D eigenvalue weighted by molar-refractivity contribution is 0.0610. The number of pyridine rings is 1. The molecule has 0 radical (unpaired) electrons. The number of carbonyl (C=O) groups is 1. The highest BCUT2D eigenvalue weighted by atomic mass is 19.1. The van der Waals surface area contributed by atoms with Crippen LogP contribution in [0.1, 0.15) is 28.8 Å². The standard InChI is InChI=1S/C23H23FN2O3/c1-15-13-17(5-6-20(15)24)22(27)25-21-4-2-3-19-18(21)7-10-26(23(19)28)14-16-8-11-29-12-9-16/h2-7,10,13,16H,8-9,11-12,14H2,1H3,(H,25,27). The van der Waals surface area contributed by atoms with Gasteiger partial charge in [0, 0.05) is 48.0 Å². The van der Waals surface area contributed by atoms with E-state index in [4.69, 9.17) is 4.74 Å². The highest BCUT2D eigenvalue weighted by molar-refractivity contribution is 6.09. The van der Waals surface area contributed by atoms with Crippen molar-refractivity contribution >= 4 is 22.4 Å². The Kier molecular flexibility index (Phi) is 5.45. The summed E-state index contributed by atoms with van der Waals surface area (Å²) in [7, 11) is 0. The molecule has 1 aromatic heterocycles. The molecule has 2 aromatic carbocycles. The number of aromatic nitrogens is 1. The molecule has 1 amide bonds. The van der Waals surface area contributed by atoms with Crippen molar-refractivity contribution in [2.75, 3.05) is 18.5 Å². The summed E-state index contributed by atoms with van der Waals surface area (Å²) in [6, 6.07) is 11.4. The minimum atomic E-state index is -0.350. The van der Waals surface area contributed by atoms with E-state index >= 15 is 0 Å². The summed E-state index contributed by atoms with van der Waals surface area (Å²) < 4.78 is 20.6. The van der Waals surface area contributed by atoms with Gasteiger partial charge < -0.3 is 14.6 Å². The number of anilines is 1. The molecular formula is C23H23FN2O3. The van der Waals surface area contributed by atoms with Gasteiger partial charge in [0.1, 0.15) is 5.82 Å². The Balaban J connectivity index is 1.62. The Morgan fingerprint density at radius 1 is 1.17 bits per heavy atom. The molecular weight excluding hydrogens is 371 g/mol. The first kappa shape index (κ1) is 19.3. The first-order valence-electron chi connectivity index (χ1n) is 9.80. The van der Waals surface area contributed by atoms with Gasteiger partial charge in [0.05, 0.1) is 0 Å². The van der Waals surface area contributed by atoms with Crippen LogP contribution in [0.3, 0.4) is 0 Å². The Bertz CT molecular complexity index is 1120. The molecule has 1 N–H and O–H groups in total. The molecule has 5 nitrogen and oxygen atoms in total. The largest absolute Gasteiger partial charge is 0.381 e. The van der Waals surface area contributed by atoms with Gasteiger partial charge in [-0.25, -0.2) is 4.39 Å². The quantitative estimate of drug-likeness (QED) is 0.724. The molecule has 29 heavy (non-hydrogen) atoms. The van der Waals surface area contributed by atoms with Gasteiger partial charge in [-0.2, -0.15) is 0 Å². The molecule has 6 heteroatoms. The second-order valence-corrected chi connectivity index (χ2v) is 7.51. The maximum atomic E-state index is 13.5. The average molecular weight is 394 g/mol. The number of aryl methyl sites for hydroxylation is 1. The van der Waals surface area contributed by atoms with Crippen molar-refractivity contribution < 1.29 is 13.9 Å². The van der Waals surface area contributed by atoms with Crippen LogP contribution >= 0.6 is 0 Å². The summed E-state index contributed by atoms with van der Waals surface area (Å²) in [5.74, 6) is -0.257. The molecule has 0 spiro atoms. The van der Waals surface area contributed by atoms with Crippen LogP contribution in [0.5, 0.6) is 0 Å². The molecule has 0 atom stereocenters. The third kappa shape index (κ3) is 4.07. The number of nitrogens with one attached hydrogen (secondary N) is 1. The van der Waals surface area contributed by atoms with E-state index < -0.39 is 0 Å². The van der Waals surface area contributed by atoms with Gasteiger partial charge in [0.15, 0.2) is 0 Å². The Morgan fingerprint density at radius 3 is 2.72 bits per heavy atom. The van der Waals surface area contributed by atoms with Crippen LogP contribution in [0.4, 0.5) is 10.1 Å². The van der Waals surface area contributed by atoms with Gasteiger partial charge in [0.25, 0.3) is 11.5 Å². The highest BCUT2D eigenvalue weighted by Crippen LogP contribution is 2.23. The van der Waals surface area contributed by atoms with Gasteiger partial charge in [-0.05, 0) is 67.6 Å². The van der Waals surface area contributed by atoms with Crippen molar-refractivity contribution in [1.29, 1.82) is 0 Å². The predicted octanol–water partition coefficient (Wildman–Crippen LogP) is 4.13. The summed E-state index contributed by atoms with van der Waals surface area (Å²) in [5.41, 5.74) is 1.27. The smallest absolute Gasteiger partial charge is 0.258 e. The first-order chi connectivity index (χ1) is 14.0. The van der Waals surface area contributed by atoms with E-state index in [1.807, 2.05) is 6.07 Å². The number of hydrogen-bond acceptors (Lipinski definition) is 3. The molecule has 4 rings (SSSR count). The van der Waals surface area contributed by atoms with Crippen LogP contribution in [0.25, 0.3) is 10.8 Å². The van der Waals surface area contributed by atoms with Crippen LogP contribution in [0.15, 0.2) is 53.5 Å². The minimum absolute atomic E-state index is 0.0669. The zero-order chi connectivity index (χ0) is 20.4. The van der Waals surface area contributed by atoms with Crippen molar-refractivity contribution in [2.24, 2.45) is 5.92 Å². The Morgan fingerprint density at radius 2 is 1.97 bits per heavy atom. The molecule has 2 heterocycles. The van der Waals surface area contributed by atoms with E-state index in [1.54, 1.807) is 35.9 Å². The number of nitrogens with zero attached hydrogens (tertiary/aromatic N) is 1. The van der Waals surface area contributed by atoms with Crippen LogP contribution in [-0.4, -0.2) is 23.7 Å². The molecule has 1 aliphatic rings. The summed E-state index contributed by atoms with van der Waals surface area (Å²) in [5, 5.41) is 4.10. The second kappa shape index (κ2) is 8.17. The van der Waals surface area contributed by atoms with Gasteiger partial charge in [0.2, 0.25) is 0 Å². The number of carbonyl (C=O) groups excluding carboxylic acids is 1. The SMILES string of the molecule is Cc1cc(C(=O)Nc2cccc3c(=O)n(CC4CCOCC4)ccc23)ccc1F. The van der Waals surface area contributed by atoms with E-state index in [9.17, 15) is 14.0 Å². The second-order valence-electron chi connectivity index (χ2n) is 7.51. The number of fused-ring (bicyclic) bond motifs is 1.